The molecule has 2 amide bonds. The van der Waals surface area contributed by atoms with Crippen LogP contribution in [0.1, 0.15) is 52.5 Å². The lowest BCUT2D eigenvalue weighted by Crippen LogP contribution is -2.42. The molecule has 3 N–H and O–H groups in total. The van der Waals surface area contributed by atoms with Crippen molar-refractivity contribution in [2.24, 2.45) is 5.41 Å². The van der Waals surface area contributed by atoms with Gasteiger partial charge in [-0.05, 0) is 43.5 Å². The molecule has 140 valence electrons. The van der Waals surface area contributed by atoms with Crippen LogP contribution in [0.5, 0.6) is 0 Å². The fraction of sp³-hybridized carbons (Fsp3) is 0.389. The summed E-state index contributed by atoms with van der Waals surface area (Å²) in [5.74, 6) is -1.49. The highest BCUT2D eigenvalue weighted by atomic mass is 32.1. The zero-order valence-corrected chi connectivity index (χ0v) is 15.7. The average molecular weight is 378 g/mol. The molecule has 0 aliphatic rings. The molecular formula is C18H22N2O5S. The number of carboxylic acid groups (broad SMARTS) is 1. The first kappa shape index (κ1) is 19.7. The highest BCUT2D eigenvalue weighted by molar-refractivity contribution is 7.18. The molecule has 2 heterocycles. The van der Waals surface area contributed by atoms with Gasteiger partial charge in [0.2, 0.25) is 0 Å². The summed E-state index contributed by atoms with van der Waals surface area (Å²) >= 11 is 1.13. The van der Waals surface area contributed by atoms with Crippen molar-refractivity contribution in [3.05, 3.63) is 40.7 Å². The van der Waals surface area contributed by atoms with E-state index in [9.17, 15) is 19.5 Å². The number of carbonyl (C=O) groups is 3. The third-order valence-corrected chi connectivity index (χ3v) is 5.65. The van der Waals surface area contributed by atoms with Crippen molar-refractivity contribution in [1.82, 2.24) is 5.32 Å². The number of carboxylic acids is 1. The topological polar surface area (TPSA) is 109 Å². The zero-order valence-electron chi connectivity index (χ0n) is 14.9. The molecular weight excluding hydrogens is 356 g/mol. The zero-order chi connectivity index (χ0) is 19.3. The summed E-state index contributed by atoms with van der Waals surface area (Å²) in [6.07, 6.45) is 2.25. The van der Waals surface area contributed by atoms with E-state index >= 15 is 0 Å². The van der Waals surface area contributed by atoms with Crippen molar-refractivity contribution in [1.29, 1.82) is 0 Å². The fourth-order valence-corrected chi connectivity index (χ4v) is 3.54. The van der Waals surface area contributed by atoms with Crippen LogP contribution in [0.4, 0.5) is 5.00 Å². The van der Waals surface area contributed by atoms with Gasteiger partial charge in [-0.1, -0.05) is 13.8 Å². The van der Waals surface area contributed by atoms with Gasteiger partial charge in [-0.15, -0.1) is 11.3 Å². The number of anilines is 1. The first-order valence-electron chi connectivity index (χ1n) is 8.30. The summed E-state index contributed by atoms with van der Waals surface area (Å²) < 4.78 is 5.03. The number of thiophene rings is 1. The van der Waals surface area contributed by atoms with E-state index in [1.807, 2.05) is 0 Å². The van der Waals surface area contributed by atoms with Crippen molar-refractivity contribution in [2.75, 3.05) is 11.9 Å². The van der Waals surface area contributed by atoms with Crippen LogP contribution in [0, 0.1) is 12.3 Å². The molecule has 2 rings (SSSR count). The minimum absolute atomic E-state index is 0.0552. The quantitative estimate of drug-likeness (QED) is 0.651. The molecule has 0 saturated heterocycles. The number of amides is 2. The standard InChI is InChI=1S/C18H22N2O5S/c1-4-18(5-2,17(23)24)10-19-16(22)14-11(3)9-13(26-14)20-15(21)12-7-6-8-25-12/h6-9H,4-5,10H2,1-3H3,(H,19,22)(H,20,21)(H,23,24). The first-order valence-corrected chi connectivity index (χ1v) is 9.11. The van der Waals surface area contributed by atoms with E-state index in [-0.39, 0.29) is 18.2 Å². The van der Waals surface area contributed by atoms with Crippen LogP contribution in [0.15, 0.2) is 28.9 Å². The van der Waals surface area contributed by atoms with Crippen LogP contribution < -0.4 is 10.6 Å². The van der Waals surface area contributed by atoms with Gasteiger partial charge < -0.3 is 20.2 Å². The van der Waals surface area contributed by atoms with Gasteiger partial charge in [0.1, 0.15) is 0 Å². The van der Waals surface area contributed by atoms with Gasteiger partial charge in [-0.25, -0.2) is 0 Å². The number of aliphatic carboxylic acids is 1. The number of hydrogen-bond donors (Lipinski definition) is 3. The average Bonchev–Trinajstić information content (AvgIpc) is 3.25. The second kappa shape index (κ2) is 8.18. The Morgan fingerprint density at radius 3 is 2.46 bits per heavy atom. The minimum Gasteiger partial charge on any atom is -0.481 e. The third-order valence-electron chi connectivity index (χ3n) is 4.50. The van der Waals surface area contributed by atoms with Gasteiger partial charge in [-0.2, -0.15) is 0 Å². The lowest BCUT2D eigenvalue weighted by molar-refractivity contribution is -0.149. The number of furan rings is 1. The van der Waals surface area contributed by atoms with Gasteiger partial charge in [0.25, 0.3) is 11.8 Å². The SMILES string of the molecule is CCC(CC)(CNC(=O)c1sc(NC(=O)c2ccco2)cc1C)C(=O)O. The van der Waals surface area contributed by atoms with Crippen LogP contribution in [0.2, 0.25) is 0 Å². The number of carbonyl (C=O) groups excluding carboxylic acids is 2. The molecule has 0 bridgehead atoms. The molecule has 0 unspecified atom stereocenters. The predicted molar refractivity (Wildman–Crippen MR) is 98.7 cm³/mol. The van der Waals surface area contributed by atoms with Crippen LogP contribution >= 0.6 is 11.3 Å². The molecule has 0 aromatic carbocycles. The Hall–Kier alpha value is -2.61. The van der Waals surface area contributed by atoms with Gasteiger partial charge in [0.05, 0.1) is 21.6 Å². The molecule has 7 nitrogen and oxygen atoms in total. The maximum Gasteiger partial charge on any atom is 0.311 e. The Bertz CT molecular complexity index is 791. The van der Waals surface area contributed by atoms with E-state index in [1.54, 1.807) is 39.0 Å². The molecule has 0 saturated carbocycles. The Morgan fingerprint density at radius 2 is 1.92 bits per heavy atom. The number of nitrogens with one attached hydrogen (secondary N) is 2. The Balaban J connectivity index is 2.07. The Kier molecular flexibility index (Phi) is 6.20. The van der Waals surface area contributed by atoms with Crippen molar-refractivity contribution in [3.63, 3.8) is 0 Å². The molecule has 0 aliphatic carbocycles. The number of hydrogen-bond acceptors (Lipinski definition) is 5. The Morgan fingerprint density at radius 1 is 1.23 bits per heavy atom. The highest BCUT2D eigenvalue weighted by Crippen LogP contribution is 2.29. The molecule has 0 aliphatic heterocycles. The molecule has 26 heavy (non-hydrogen) atoms. The van der Waals surface area contributed by atoms with Gasteiger partial charge >= 0.3 is 5.97 Å². The van der Waals surface area contributed by atoms with E-state index in [0.29, 0.717) is 28.3 Å². The summed E-state index contributed by atoms with van der Waals surface area (Å²) in [7, 11) is 0. The van der Waals surface area contributed by atoms with Crippen LogP contribution in [-0.4, -0.2) is 29.4 Å². The molecule has 0 spiro atoms. The number of rotatable bonds is 8. The summed E-state index contributed by atoms with van der Waals surface area (Å²) in [6.45, 7) is 5.41. The predicted octanol–water partition coefficient (Wildman–Crippen LogP) is 3.52. The summed E-state index contributed by atoms with van der Waals surface area (Å²) in [6, 6.07) is 4.86. The largest absolute Gasteiger partial charge is 0.481 e. The molecule has 8 heteroatoms. The first-order chi connectivity index (χ1) is 12.3. The fourth-order valence-electron chi connectivity index (χ4n) is 2.56. The van der Waals surface area contributed by atoms with Gasteiger partial charge in [0, 0.05) is 6.54 Å². The second-order valence-electron chi connectivity index (χ2n) is 6.03. The van der Waals surface area contributed by atoms with E-state index in [4.69, 9.17) is 4.42 Å². The normalized spacial score (nSPS) is 11.2. The van der Waals surface area contributed by atoms with Crippen molar-refractivity contribution in [2.45, 2.75) is 33.6 Å². The van der Waals surface area contributed by atoms with Gasteiger partial charge in [-0.3, -0.25) is 14.4 Å². The maximum atomic E-state index is 12.5. The molecule has 0 fully saturated rings. The summed E-state index contributed by atoms with van der Waals surface area (Å²) in [4.78, 5) is 36.4. The lowest BCUT2D eigenvalue weighted by Gasteiger charge is -2.26. The number of aryl methyl sites for hydroxylation is 1. The van der Waals surface area contributed by atoms with Crippen molar-refractivity contribution in [3.8, 4) is 0 Å². The monoisotopic (exact) mass is 378 g/mol. The molecule has 2 aromatic heterocycles. The van der Waals surface area contributed by atoms with Crippen LogP contribution in [0.25, 0.3) is 0 Å². The molecule has 0 atom stereocenters. The lowest BCUT2D eigenvalue weighted by atomic mass is 9.82. The minimum atomic E-state index is -0.975. The molecule has 0 radical (unpaired) electrons. The van der Waals surface area contributed by atoms with Crippen molar-refractivity contribution < 1.29 is 23.9 Å². The van der Waals surface area contributed by atoms with Crippen LogP contribution in [0.3, 0.4) is 0 Å². The Labute approximate surface area is 155 Å². The van der Waals surface area contributed by atoms with E-state index < -0.39 is 17.3 Å². The van der Waals surface area contributed by atoms with Crippen molar-refractivity contribution >= 4 is 34.1 Å². The smallest absolute Gasteiger partial charge is 0.311 e. The van der Waals surface area contributed by atoms with E-state index in [2.05, 4.69) is 10.6 Å². The van der Waals surface area contributed by atoms with E-state index in [0.717, 1.165) is 11.3 Å². The third kappa shape index (κ3) is 4.13. The molecule has 2 aromatic rings. The summed E-state index contributed by atoms with van der Waals surface area (Å²) in [5.41, 5.74) is -0.270. The van der Waals surface area contributed by atoms with E-state index in [1.165, 1.54) is 6.26 Å². The maximum absolute atomic E-state index is 12.5. The van der Waals surface area contributed by atoms with Gasteiger partial charge in [0.15, 0.2) is 5.76 Å². The highest BCUT2D eigenvalue weighted by Gasteiger charge is 2.35. The summed E-state index contributed by atoms with van der Waals surface area (Å²) in [5, 5.41) is 15.4. The second-order valence-corrected chi connectivity index (χ2v) is 7.08. The van der Waals surface area contributed by atoms with Crippen LogP contribution in [-0.2, 0) is 4.79 Å².